The highest BCUT2D eigenvalue weighted by molar-refractivity contribution is 7.85. The zero-order chi connectivity index (χ0) is 15.2. The smallest absolute Gasteiger partial charge is 0.124 e. The fraction of sp³-hybridized carbons (Fsp3) is 0.250. The van der Waals surface area contributed by atoms with E-state index in [0.29, 0.717) is 10.6 Å². The first-order chi connectivity index (χ1) is 10.1. The van der Waals surface area contributed by atoms with Gasteiger partial charge in [-0.1, -0.05) is 18.2 Å². The molecule has 0 amide bonds. The van der Waals surface area contributed by atoms with Crippen molar-refractivity contribution >= 4 is 10.8 Å². The quantitative estimate of drug-likeness (QED) is 0.892. The lowest BCUT2D eigenvalue weighted by molar-refractivity contribution is 0.414. The number of methoxy groups -OCH3 is 1. The van der Waals surface area contributed by atoms with Gasteiger partial charge in [-0.25, -0.2) is 4.39 Å². The topological polar surface area (TPSA) is 38.3 Å². The number of halogens is 1. The van der Waals surface area contributed by atoms with Crippen LogP contribution in [0.15, 0.2) is 53.4 Å². The zero-order valence-corrected chi connectivity index (χ0v) is 12.8. The van der Waals surface area contributed by atoms with Gasteiger partial charge in [0, 0.05) is 16.7 Å². The molecule has 5 heteroatoms. The molecule has 0 radical (unpaired) electrons. The first-order valence-corrected chi connectivity index (χ1v) is 7.91. The highest BCUT2D eigenvalue weighted by atomic mass is 32.2. The molecule has 2 aromatic carbocycles. The molecule has 0 saturated carbocycles. The van der Waals surface area contributed by atoms with Crippen LogP contribution < -0.4 is 10.1 Å². The number of hydrogen-bond acceptors (Lipinski definition) is 3. The van der Waals surface area contributed by atoms with E-state index in [1.165, 1.54) is 12.1 Å². The molecule has 0 aliphatic carbocycles. The van der Waals surface area contributed by atoms with Crippen LogP contribution in [0, 0.1) is 5.82 Å². The fourth-order valence-electron chi connectivity index (χ4n) is 2.04. The van der Waals surface area contributed by atoms with Crippen molar-refractivity contribution in [2.45, 2.75) is 10.9 Å². The lowest BCUT2D eigenvalue weighted by Gasteiger charge is -2.16. The normalized spacial score (nSPS) is 13.7. The second kappa shape index (κ2) is 7.33. The molecule has 2 aromatic rings. The van der Waals surface area contributed by atoms with Crippen molar-refractivity contribution in [3.05, 3.63) is 59.9 Å². The summed E-state index contributed by atoms with van der Waals surface area (Å²) in [6.07, 6.45) is 0. The molecule has 2 unspecified atom stereocenters. The third-order valence-corrected chi connectivity index (χ3v) is 4.66. The van der Waals surface area contributed by atoms with Crippen molar-refractivity contribution in [1.29, 1.82) is 0 Å². The van der Waals surface area contributed by atoms with Crippen LogP contribution in [0.1, 0.15) is 11.6 Å². The van der Waals surface area contributed by atoms with Crippen molar-refractivity contribution in [3.8, 4) is 5.75 Å². The highest BCUT2D eigenvalue weighted by Crippen LogP contribution is 2.20. The van der Waals surface area contributed by atoms with Gasteiger partial charge in [0.05, 0.1) is 17.9 Å². The van der Waals surface area contributed by atoms with Crippen molar-refractivity contribution in [1.82, 2.24) is 5.32 Å². The largest absolute Gasteiger partial charge is 0.497 e. The van der Waals surface area contributed by atoms with Crippen molar-refractivity contribution < 1.29 is 13.3 Å². The molecule has 1 N–H and O–H groups in total. The van der Waals surface area contributed by atoms with E-state index in [1.54, 1.807) is 19.2 Å². The van der Waals surface area contributed by atoms with Crippen LogP contribution in [-0.2, 0) is 10.8 Å². The van der Waals surface area contributed by atoms with Crippen molar-refractivity contribution in [2.75, 3.05) is 19.9 Å². The van der Waals surface area contributed by atoms with Gasteiger partial charge in [-0.05, 0) is 42.9 Å². The van der Waals surface area contributed by atoms with Gasteiger partial charge >= 0.3 is 0 Å². The van der Waals surface area contributed by atoms with Crippen LogP contribution in [0.2, 0.25) is 0 Å². The van der Waals surface area contributed by atoms with E-state index in [4.69, 9.17) is 4.74 Å². The second-order valence-corrected chi connectivity index (χ2v) is 6.08. The van der Waals surface area contributed by atoms with Gasteiger partial charge in [0.1, 0.15) is 11.6 Å². The maximum absolute atomic E-state index is 13.2. The van der Waals surface area contributed by atoms with E-state index in [1.807, 2.05) is 31.3 Å². The van der Waals surface area contributed by atoms with Gasteiger partial charge in [0.15, 0.2) is 0 Å². The Morgan fingerprint density at radius 1 is 1.24 bits per heavy atom. The summed E-state index contributed by atoms with van der Waals surface area (Å²) in [4.78, 5) is 0.503. The Morgan fingerprint density at radius 3 is 2.52 bits per heavy atom. The van der Waals surface area contributed by atoms with E-state index < -0.39 is 10.8 Å². The summed E-state index contributed by atoms with van der Waals surface area (Å²) in [6, 6.07) is 13.4. The van der Waals surface area contributed by atoms with Gasteiger partial charge in [-0.3, -0.25) is 4.21 Å². The van der Waals surface area contributed by atoms with Crippen LogP contribution in [-0.4, -0.2) is 24.1 Å². The molecule has 0 aromatic heterocycles. The Labute approximate surface area is 126 Å². The lowest BCUT2D eigenvalue weighted by atomic mass is 10.1. The number of nitrogens with one attached hydrogen (secondary N) is 1. The van der Waals surface area contributed by atoms with Crippen LogP contribution in [0.5, 0.6) is 5.75 Å². The van der Waals surface area contributed by atoms with Crippen LogP contribution in [0.25, 0.3) is 0 Å². The molecule has 0 bridgehead atoms. The van der Waals surface area contributed by atoms with Crippen LogP contribution in [0.4, 0.5) is 4.39 Å². The van der Waals surface area contributed by atoms with E-state index in [2.05, 4.69) is 5.32 Å². The number of rotatable bonds is 6. The maximum Gasteiger partial charge on any atom is 0.124 e. The molecule has 2 atom stereocenters. The SMILES string of the molecule is CNC(CS(=O)c1cccc(F)c1)c1ccc(OC)cc1. The number of benzene rings is 2. The molecule has 3 nitrogen and oxygen atoms in total. The lowest BCUT2D eigenvalue weighted by Crippen LogP contribution is -2.22. The minimum atomic E-state index is -1.27. The van der Waals surface area contributed by atoms with Crippen LogP contribution in [0.3, 0.4) is 0 Å². The second-order valence-electron chi connectivity index (χ2n) is 4.58. The molecule has 112 valence electrons. The summed E-state index contributed by atoms with van der Waals surface area (Å²) >= 11 is 0. The van der Waals surface area contributed by atoms with Gasteiger partial charge in [0.25, 0.3) is 0 Å². The monoisotopic (exact) mass is 307 g/mol. The Balaban J connectivity index is 2.12. The van der Waals surface area contributed by atoms with Gasteiger partial charge in [-0.15, -0.1) is 0 Å². The molecule has 0 heterocycles. The minimum Gasteiger partial charge on any atom is -0.497 e. The summed E-state index contributed by atoms with van der Waals surface area (Å²) < 4.78 is 30.7. The van der Waals surface area contributed by atoms with E-state index in [9.17, 15) is 8.60 Å². The maximum atomic E-state index is 13.2. The molecule has 0 aliphatic heterocycles. The molecular weight excluding hydrogens is 289 g/mol. The van der Waals surface area contributed by atoms with Crippen molar-refractivity contribution in [3.63, 3.8) is 0 Å². The van der Waals surface area contributed by atoms with Crippen molar-refractivity contribution in [2.24, 2.45) is 0 Å². The Bertz CT molecular complexity index is 616. The molecular formula is C16H18FNO2S. The zero-order valence-electron chi connectivity index (χ0n) is 12.0. The molecule has 0 spiro atoms. The number of hydrogen-bond donors (Lipinski definition) is 1. The van der Waals surface area contributed by atoms with Gasteiger partial charge in [0.2, 0.25) is 0 Å². The Kier molecular flexibility index (Phi) is 5.47. The molecule has 0 saturated heterocycles. The predicted molar refractivity (Wildman–Crippen MR) is 82.5 cm³/mol. The third-order valence-electron chi connectivity index (χ3n) is 3.24. The summed E-state index contributed by atoms with van der Waals surface area (Å²) in [5, 5.41) is 3.14. The van der Waals surface area contributed by atoms with Gasteiger partial charge in [-0.2, -0.15) is 0 Å². The molecule has 0 fully saturated rings. The third kappa shape index (κ3) is 4.12. The first-order valence-electron chi connectivity index (χ1n) is 6.59. The predicted octanol–water partition coefficient (Wildman–Crippen LogP) is 2.90. The average Bonchev–Trinajstić information content (AvgIpc) is 2.52. The fourth-order valence-corrected chi connectivity index (χ4v) is 3.37. The van der Waals surface area contributed by atoms with E-state index in [0.717, 1.165) is 11.3 Å². The number of ether oxygens (including phenoxy) is 1. The molecule has 2 rings (SSSR count). The highest BCUT2D eigenvalue weighted by Gasteiger charge is 2.15. The molecule has 21 heavy (non-hydrogen) atoms. The Hall–Kier alpha value is -1.72. The minimum absolute atomic E-state index is 0.0694. The molecule has 0 aliphatic rings. The average molecular weight is 307 g/mol. The summed E-state index contributed by atoms with van der Waals surface area (Å²) in [7, 11) is 2.17. The van der Waals surface area contributed by atoms with Crippen LogP contribution >= 0.6 is 0 Å². The van der Waals surface area contributed by atoms with Gasteiger partial charge < -0.3 is 10.1 Å². The van der Waals surface area contributed by atoms with E-state index >= 15 is 0 Å². The summed E-state index contributed by atoms with van der Waals surface area (Å²) in [5.41, 5.74) is 1.02. The summed E-state index contributed by atoms with van der Waals surface area (Å²) in [5.74, 6) is 0.790. The summed E-state index contributed by atoms with van der Waals surface area (Å²) in [6.45, 7) is 0. The standard InChI is InChI=1S/C16H18FNO2S/c1-18-16(12-6-8-14(20-2)9-7-12)11-21(19)15-5-3-4-13(17)10-15/h3-10,16,18H,11H2,1-2H3. The van der Waals surface area contributed by atoms with E-state index in [-0.39, 0.29) is 11.9 Å². The Morgan fingerprint density at radius 2 is 1.95 bits per heavy atom. The first kappa shape index (κ1) is 15.7.